The van der Waals surface area contributed by atoms with Gasteiger partial charge in [0.25, 0.3) is 5.22 Å². The summed E-state index contributed by atoms with van der Waals surface area (Å²) in [5, 5.41) is 10.0. The zero-order chi connectivity index (χ0) is 10.7. The zero-order valence-corrected chi connectivity index (χ0v) is 8.92. The lowest BCUT2D eigenvalue weighted by atomic mass is 10.3. The summed E-state index contributed by atoms with van der Waals surface area (Å²) in [6, 6.07) is 3.54. The van der Waals surface area contributed by atoms with Gasteiger partial charge in [-0.25, -0.2) is 9.97 Å². The fourth-order valence-electron chi connectivity index (χ4n) is 0.926. The minimum Gasteiger partial charge on any atom is -0.440 e. The van der Waals surface area contributed by atoms with Crippen molar-refractivity contribution in [1.82, 2.24) is 9.97 Å². The lowest BCUT2D eigenvalue weighted by molar-refractivity contribution is 0.454. The van der Waals surface area contributed by atoms with Crippen LogP contribution in [0.4, 0.5) is 0 Å². The van der Waals surface area contributed by atoms with Gasteiger partial charge < -0.3 is 4.42 Å². The minimum atomic E-state index is 0.322. The Bertz CT molecular complexity index is 507. The molecule has 74 valence electrons. The normalized spacial score (nSPS) is 9.87. The van der Waals surface area contributed by atoms with Crippen molar-refractivity contribution in [1.29, 1.82) is 5.26 Å². The molecule has 15 heavy (non-hydrogen) atoms. The van der Waals surface area contributed by atoms with Crippen molar-refractivity contribution < 1.29 is 4.42 Å². The van der Waals surface area contributed by atoms with Gasteiger partial charge >= 0.3 is 0 Å². The van der Waals surface area contributed by atoms with Crippen molar-refractivity contribution in [2.24, 2.45) is 0 Å². The highest BCUT2D eigenvalue weighted by Crippen LogP contribution is 2.31. The fourth-order valence-corrected chi connectivity index (χ4v) is 1.89. The average Bonchev–Trinajstić information content (AvgIpc) is 2.74. The van der Waals surface area contributed by atoms with E-state index in [1.807, 2.05) is 6.07 Å². The summed E-state index contributed by atoms with van der Waals surface area (Å²) < 4.78 is 5.04. The van der Waals surface area contributed by atoms with E-state index in [2.05, 4.69) is 9.97 Å². The summed E-state index contributed by atoms with van der Waals surface area (Å²) in [7, 11) is 0. The third kappa shape index (κ3) is 2.12. The number of pyridine rings is 1. The molecule has 0 aliphatic carbocycles. The number of aromatic nitrogens is 2. The van der Waals surface area contributed by atoms with Crippen LogP contribution in [-0.2, 0) is 0 Å². The Kier molecular flexibility index (Phi) is 2.90. The molecule has 0 amide bonds. The molecule has 0 unspecified atom stereocenters. The van der Waals surface area contributed by atoms with Crippen molar-refractivity contribution in [3.63, 3.8) is 0 Å². The van der Waals surface area contributed by atoms with E-state index in [4.69, 9.17) is 21.3 Å². The van der Waals surface area contributed by atoms with E-state index >= 15 is 0 Å². The van der Waals surface area contributed by atoms with Crippen molar-refractivity contribution in [2.75, 3.05) is 0 Å². The molecule has 2 aromatic rings. The Balaban J connectivity index is 2.34. The third-order valence-electron chi connectivity index (χ3n) is 1.57. The van der Waals surface area contributed by atoms with Gasteiger partial charge in [-0.05, 0) is 17.8 Å². The quantitative estimate of drug-likeness (QED) is 0.804. The average molecular weight is 238 g/mol. The number of oxazole rings is 1. The Hall–Kier alpha value is -1.51. The lowest BCUT2D eigenvalue weighted by Gasteiger charge is -2.00. The van der Waals surface area contributed by atoms with Crippen LogP contribution in [0.15, 0.2) is 39.4 Å². The summed E-state index contributed by atoms with van der Waals surface area (Å²) in [6.45, 7) is 0. The SMILES string of the molecule is N#Cc1ccnc(Sc2ncco2)c1Cl. The van der Waals surface area contributed by atoms with Gasteiger partial charge in [0, 0.05) is 6.20 Å². The van der Waals surface area contributed by atoms with Gasteiger partial charge in [0.15, 0.2) is 0 Å². The molecule has 2 rings (SSSR count). The first-order valence-corrected chi connectivity index (χ1v) is 5.12. The second kappa shape index (κ2) is 4.34. The molecule has 0 spiro atoms. The van der Waals surface area contributed by atoms with Gasteiger partial charge in [-0.3, -0.25) is 0 Å². The van der Waals surface area contributed by atoms with Crippen LogP contribution in [0.2, 0.25) is 5.02 Å². The van der Waals surface area contributed by atoms with E-state index in [0.717, 1.165) is 0 Å². The van der Waals surface area contributed by atoms with Crippen LogP contribution in [0, 0.1) is 11.3 Å². The molecule has 2 aromatic heterocycles. The van der Waals surface area contributed by atoms with E-state index in [9.17, 15) is 0 Å². The lowest BCUT2D eigenvalue weighted by Crippen LogP contribution is -1.85. The smallest absolute Gasteiger partial charge is 0.262 e. The number of nitriles is 1. The van der Waals surface area contributed by atoms with E-state index < -0.39 is 0 Å². The molecule has 0 saturated carbocycles. The van der Waals surface area contributed by atoms with Crippen LogP contribution in [0.5, 0.6) is 0 Å². The minimum absolute atomic E-state index is 0.322. The largest absolute Gasteiger partial charge is 0.440 e. The van der Waals surface area contributed by atoms with Crippen LogP contribution in [0.3, 0.4) is 0 Å². The van der Waals surface area contributed by atoms with Crippen LogP contribution >= 0.6 is 23.4 Å². The number of hydrogen-bond donors (Lipinski definition) is 0. The molecule has 0 saturated heterocycles. The molecule has 4 nitrogen and oxygen atoms in total. The third-order valence-corrected chi connectivity index (χ3v) is 2.95. The molecule has 2 heterocycles. The van der Waals surface area contributed by atoms with E-state index in [0.29, 0.717) is 20.8 Å². The monoisotopic (exact) mass is 237 g/mol. The van der Waals surface area contributed by atoms with Gasteiger partial charge in [-0.1, -0.05) is 11.6 Å². The summed E-state index contributed by atoms with van der Waals surface area (Å²) in [5.41, 5.74) is 0.390. The second-order valence-electron chi connectivity index (χ2n) is 2.49. The van der Waals surface area contributed by atoms with Crippen LogP contribution in [-0.4, -0.2) is 9.97 Å². The summed E-state index contributed by atoms with van der Waals surface area (Å²) in [5.74, 6) is 0. The van der Waals surface area contributed by atoms with Gasteiger partial charge in [-0.15, -0.1) is 0 Å². The Labute approximate surface area is 94.9 Å². The summed E-state index contributed by atoms with van der Waals surface area (Å²) in [4.78, 5) is 7.96. The molecular formula is C9H4ClN3OS. The predicted molar refractivity (Wildman–Crippen MR) is 54.6 cm³/mol. The maximum Gasteiger partial charge on any atom is 0.262 e. The fraction of sp³-hybridized carbons (Fsp3) is 0. The molecule has 0 N–H and O–H groups in total. The molecule has 0 aromatic carbocycles. The maximum atomic E-state index is 8.76. The molecule has 0 aliphatic rings. The van der Waals surface area contributed by atoms with Crippen LogP contribution in [0.25, 0.3) is 0 Å². The van der Waals surface area contributed by atoms with Crippen molar-refractivity contribution >= 4 is 23.4 Å². The Morgan fingerprint density at radius 1 is 1.40 bits per heavy atom. The number of rotatable bonds is 2. The van der Waals surface area contributed by atoms with E-state index in [-0.39, 0.29) is 0 Å². The number of halogens is 1. The molecule has 0 atom stereocenters. The predicted octanol–water partition coefficient (Wildman–Crippen LogP) is 2.75. The van der Waals surface area contributed by atoms with Gasteiger partial charge in [0.1, 0.15) is 17.4 Å². The first-order chi connectivity index (χ1) is 7.31. The van der Waals surface area contributed by atoms with Gasteiger partial charge in [0.05, 0.1) is 16.8 Å². The van der Waals surface area contributed by atoms with Crippen LogP contribution < -0.4 is 0 Å². The van der Waals surface area contributed by atoms with Crippen molar-refractivity contribution in [3.8, 4) is 6.07 Å². The topological polar surface area (TPSA) is 62.7 Å². The molecule has 0 radical (unpaired) electrons. The first-order valence-electron chi connectivity index (χ1n) is 3.93. The highest BCUT2D eigenvalue weighted by Gasteiger charge is 2.10. The standard InChI is InChI=1S/C9H4ClN3OS/c10-7-6(5-11)1-2-12-8(7)15-9-13-3-4-14-9/h1-4H. The van der Waals surface area contributed by atoms with Gasteiger partial charge in [-0.2, -0.15) is 5.26 Å². The molecule has 0 bridgehead atoms. The highest BCUT2D eigenvalue weighted by molar-refractivity contribution is 7.99. The van der Waals surface area contributed by atoms with Crippen molar-refractivity contribution in [3.05, 3.63) is 35.3 Å². The Morgan fingerprint density at radius 2 is 2.27 bits per heavy atom. The summed E-state index contributed by atoms with van der Waals surface area (Å²) in [6.07, 6.45) is 4.52. The molecule has 6 heteroatoms. The number of nitrogens with zero attached hydrogens (tertiary/aromatic N) is 3. The highest BCUT2D eigenvalue weighted by atomic mass is 35.5. The van der Waals surface area contributed by atoms with E-state index in [1.54, 1.807) is 6.07 Å². The molecule has 0 aliphatic heterocycles. The maximum absolute atomic E-state index is 8.76. The Morgan fingerprint density at radius 3 is 2.93 bits per heavy atom. The van der Waals surface area contributed by atoms with Crippen LogP contribution in [0.1, 0.15) is 5.56 Å². The molecular weight excluding hydrogens is 234 g/mol. The first kappa shape index (κ1) is 10.0. The van der Waals surface area contributed by atoms with Gasteiger partial charge in [0.2, 0.25) is 0 Å². The van der Waals surface area contributed by atoms with Crippen molar-refractivity contribution in [2.45, 2.75) is 10.2 Å². The second-order valence-corrected chi connectivity index (χ2v) is 3.81. The zero-order valence-electron chi connectivity index (χ0n) is 7.35. The van der Waals surface area contributed by atoms with E-state index in [1.165, 1.54) is 30.4 Å². The number of hydrogen-bond acceptors (Lipinski definition) is 5. The summed E-state index contributed by atoms with van der Waals surface area (Å²) >= 11 is 7.13. The molecule has 0 fully saturated rings.